The normalized spacial score (nSPS) is 16.5. The SMILES string of the molecule is CC(C)CCC(=O)N(CCO)C1CCC1. The van der Waals surface area contributed by atoms with E-state index >= 15 is 0 Å². The lowest BCUT2D eigenvalue weighted by Gasteiger charge is -2.37. The van der Waals surface area contributed by atoms with Crippen molar-refractivity contribution in [1.29, 1.82) is 0 Å². The van der Waals surface area contributed by atoms with Gasteiger partial charge in [0.25, 0.3) is 0 Å². The van der Waals surface area contributed by atoms with Crippen molar-refractivity contribution in [1.82, 2.24) is 4.90 Å². The molecule has 0 unspecified atom stereocenters. The third-order valence-corrected chi connectivity index (χ3v) is 3.11. The maximum Gasteiger partial charge on any atom is 0.222 e. The Kier molecular flexibility index (Phi) is 5.09. The monoisotopic (exact) mass is 213 g/mol. The van der Waals surface area contributed by atoms with Crippen molar-refractivity contribution >= 4 is 5.91 Å². The minimum absolute atomic E-state index is 0.0872. The smallest absolute Gasteiger partial charge is 0.222 e. The predicted molar refractivity (Wildman–Crippen MR) is 60.5 cm³/mol. The molecular formula is C12H23NO2. The molecule has 0 saturated heterocycles. The summed E-state index contributed by atoms with van der Waals surface area (Å²) in [5.41, 5.74) is 0. The fourth-order valence-corrected chi connectivity index (χ4v) is 1.87. The Labute approximate surface area is 92.5 Å². The number of hydrogen-bond donors (Lipinski definition) is 1. The molecule has 1 N–H and O–H groups in total. The summed E-state index contributed by atoms with van der Waals surface area (Å²) in [7, 11) is 0. The summed E-state index contributed by atoms with van der Waals surface area (Å²) in [6, 6.07) is 0.414. The van der Waals surface area contributed by atoms with Crippen molar-refractivity contribution in [2.45, 2.75) is 52.0 Å². The molecule has 15 heavy (non-hydrogen) atoms. The molecule has 0 aliphatic heterocycles. The van der Waals surface area contributed by atoms with E-state index in [0.29, 0.717) is 24.9 Å². The Morgan fingerprint density at radius 2 is 2.13 bits per heavy atom. The van der Waals surface area contributed by atoms with E-state index in [1.54, 1.807) is 0 Å². The van der Waals surface area contributed by atoms with Crippen LogP contribution in [0.15, 0.2) is 0 Å². The van der Waals surface area contributed by atoms with Gasteiger partial charge in [0, 0.05) is 19.0 Å². The summed E-state index contributed by atoms with van der Waals surface area (Å²) in [6.45, 7) is 4.87. The Hall–Kier alpha value is -0.570. The summed E-state index contributed by atoms with van der Waals surface area (Å²) in [4.78, 5) is 13.8. The summed E-state index contributed by atoms with van der Waals surface area (Å²) >= 11 is 0. The molecule has 1 amide bonds. The summed E-state index contributed by atoms with van der Waals surface area (Å²) in [5.74, 6) is 0.800. The quantitative estimate of drug-likeness (QED) is 0.731. The highest BCUT2D eigenvalue weighted by molar-refractivity contribution is 5.76. The fraction of sp³-hybridized carbons (Fsp3) is 0.917. The lowest BCUT2D eigenvalue weighted by atomic mass is 9.91. The topological polar surface area (TPSA) is 40.5 Å². The minimum atomic E-state index is 0.0872. The van der Waals surface area contributed by atoms with Crippen molar-refractivity contribution in [3.05, 3.63) is 0 Å². The predicted octanol–water partition coefficient (Wildman–Crippen LogP) is 1.80. The van der Waals surface area contributed by atoms with Crippen LogP contribution in [-0.4, -0.2) is 35.1 Å². The van der Waals surface area contributed by atoms with Gasteiger partial charge < -0.3 is 10.0 Å². The maximum atomic E-state index is 11.9. The van der Waals surface area contributed by atoms with Gasteiger partial charge in [0.05, 0.1) is 6.61 Å². The molecular weight excluding hydrogens is 190 g/mol. The first-order valence-electron chi connectivity index (χ1n) is 6.05. The standard InChI is InChI=1S/C12H23NO2/c1-10(2)6-7-12(15)13(8-9-14)11-4-3-5-11/h10-11,14H,3-9H2,1-2H3. The van der Waals surface area contributed by atoms with E-state index < -0.39 is 0 Å². The van der Waals surface area contributed by atoms with Gasteiger partial charge in [0.15, 0.2) is 0 Å². The molecule has 0 aromatic heterocycles. The molecule has 88 valence electrons. The van der Waals surface area contributed by atoms with Crippen molar-refractivity contribution in [3.63, 3.8) is 0 Å². The Morgan fingerprint density at radius 3 is 2.53 bits per heavy atom. The van der Waals surface area contributed by atoms with Gasteiger partial charge in [-0.3, -0.25) is 4.79 Å². The number of hydrogen-bond acceptors (Lipinski definition) is 2. The Balaban J connectivity index is 2.36. The average Bonchev–Trinajstić information content (AvgIpc) is 2.10. The van der Waals surface area contributed by atoms with Crippen LogP contribution in [0.25, 0.3) is 0 Å². The first kappa shape index (κ1) is 12.5. The van der Waals surface area contributed by atoms with Crippen LogP contribution in [0.1, 0.15) is 46.0 Å². The lowest BCUT2D eigenvalue weighted by molar-refractivity contribution is -0.136. The number of aliphatic hydroxyl groups excluding tert-OH is 1. The summed E-state index contributed by atoms with van der Waals surface area (Å²) in [5, 5.41) is 8.94. The van der Waals surface area contributed by atoms with Crippen LogP contribution < -0.4 is 0 Å². The number of aliphatic hydroxyl groups is 1. The zero-order chi connectivity index (χ0) is 11.3. The van der Waals surface area contributed by atoms with Crippen molar-refractivity contribution in [2.24, 2.45) is 5.92 Å². The van der Waals surface area contributed by atoms with Gasteiger partial charge >= 0.3 is 0 Å². The average molecular weight is 213 g/mol. The highest BCUT2D eigenvalue weighted by Crippen LogP contribution is 2.25. The van der Waals surface area contributed by atoms with Gasteiger partial charge in [-0.15, -0.1) is 0 Å². The molecule has 3 heteroatoms. The van der Waals surface area contributed by atoms with Crippen LogP contribution in [-0.2, 0) is 4.79 Å². The van der Waals surface area contributed by atoms with Crippen molar-refractivity contribution in [3.8, 4) is 0 Å². The van der Waals surface area contributed by atoms with Crippen LogP contribution in [0.3, 0.4) is 0 Å². The highest BCUT2D eigenvalue weighted by Gasteiger charge is 2.27. The van der Waals surface area contributed by atoms with Crippen LogP contribution in [0.5, 0.6) is 0 Å². The largest absolute Gasteiger partial charge is 0.395 e. The van der Waals surface area contributed by atoms with Gasteiger partial charge in [0.1, 0.15) is 0 Å². The Bertz CT molecular complexity index is 200. The van der Waals surface area contributed by atoms with E-state index in [4.69, 9.17) is 5.11 Å². The number of carbonyl (C=O) groups is 1. The van der Waals surface area contributed by atoms with Crippen molar-refractivity contribution in [2.75, 3.05) is 13.2 Å². The van der Waals surface area contributed by atoms with E-state index in [2.05, 4.69) is 13.8 Å². The molecule has 0 atom stereocenters. The van der Waals surface area contributed by atoms with Gasteiger partial charge in [-0.25, -0.2) is 0 Å². The van der Waals surface area contributed by atoms with Gasteiger partial charge in [0.2, 0.25) is 5.91 Å². The summed E-state index contributed by atoms with van der Waals surface area (Å²) in [6.07, 6.45) is 5.05. The van der Waals surface area contributed by atoms with E-state index in [1.807, 2.05) is 4.90 Å². The molecule has 3 nitrogen and oxygen atoms in total. The highest BCUT2D eigenvalue weighted by atomic mass is 16.3. The molecule has 0 radical (unpaired) electrons. The number of carbonyl (C=O) groups excluding carboxylic acids is 1. The van der Waals surface area contributed by atoms with Gasteiger partial charge in [-0.1, -0.05) is 13.8 Å². The molecule has 1 aliphatic carbocycles. The van der Waals surface area contributed by atoms with E-state index in [0.717, 1.165) is 19.3 Å². The molecule has 0 aromatic rings. The number of nitrogens with zero attached hydrogens (tertiary/aromatic N) is 1. The van der Waals surface area contributed by atoms with E-state index in [1.165, 1.54) is 6.42 Å². The van der Waals surface area contributed by atoms with Crippen LogP contribution in [0, 0.1) is 5.92 Å². The van der Waals surface area contributed by atoms with Gasteiger partial charge in [-0.2, -0.15) is 0 Å². The van der Waals surface area contributed by atoms with Crippen LogP contribution in [0.4, 0.5) is 0 Å². The Morgan fingerprint density at radius 1 is 1.47 bits per heavy atom. The molecule has 0 bridgehead atoms. The van der Waals surface area contributed by atoms with Crippen LogP contribution in [0.2, 0.25) is 0 Å². The first-order chi connectivity index (χ1) is 7.15. The second kappa shape index (κ2) is 6.11. The third-order valence-electron chi connectivity index (χ3n) is 3.11. The molecule has 0 aromatic carbocycles. The second-order valence-electron chi connectivity index (χ2n) is 4.83. The number of rotatable bonds is 6. The molecule has 1 aliphatic rings. The third kappa shape index (κ3) is 3.82. The molecule has 1 rings (SSSR count). The minimum Gasteiger partial charge on any atom is -0.395 e. The number of amides is 1. The zero-order valence-electron chi connectivity index (χ0n) is 9.91. The lowest BCUT2D eigenvalue weighted by Crippen LogP contribution is -2.45. The zero-order valence-corrected chi connectivity index (χ0v) is 9.91. The maximum absolute atomic E-state index is 11.9. The molecule has 1 saturated carbocycles. The second-order valence-corrected chi connectivity index (χ2v) is 4.83. The first-order valence-corrected chi connectivity index (χ1v) is 6.05. The fourth-order valence-electron chi connectivity index (χ4n) is 1.87. The van der Waals surface area contributed by atoms with Gasteiger partial charge in [-0.05, 0) is 31.6 Å². The van der Waals surface area contributed by atoms with Crippen molar-refractivity contribution < 1.29 is 9.90 Å². The van der Waals surface area contributed by atoms with E-state index in [9.17, 15) is 4.79 Å². The van der Waals surface area contributed by atoms with E-state index in [-0.39, 0.29) is 12.5 Å². The van der Waals surface area contributed by atoms with Crippen LogP contribution >= 0.6 is 0 Å². The molecule has 0 spiro atoms. The molecule has 1 fully saturated rings. The molecule has 0 heterocycles. The summed E-state index contributed by atoms with van der Waals surface area (Å²) < 4.78 is 0.